The lowest BCUT2D eigenvalue weighted by Crippen LogP contribution is -1.99. The Morgan fingerprint density at radius 1 is 0.571 bits per heavy atom. The van der Waals surface area contributed by atoms with Crippen LogP contribution in [-0.4, -0.2) is 9.55 Å². The normalized spacial score (nSPS) is 11.2. The maximum absolute atomic E-state index is 10.0. The topological polar surface area (TPSA) is 41.6 Å². The molecular weight excluding hydrogens is 510 g/mol. The highest BCUT2D eigenvalue weighted by molar-refractivity contribution is 6.11. The van der Waals surface area contributed by atoms with E-state index in [0.29, 0.717) is 5.56 Å². The molecule has 0 amide bonds. The Hall–Kier alpha value is -5.46. The van der Waals surface area contributed by atoms with E-state index in [9.17, 15) is 5.26 Å². The van der Waals surface area contributed by atoms with Crippen molar-refractivity contribution in [2.24, 2.45) is 0 Å². The third-order valence-corrected chi connectivity index (χ3v) is 8.16. The zero-order valence-corrected chi connectivity index (χ0v) is 23.9. The zero-order valence-electron chi connectivity index (χ0n) is 23.9. The van der Waals surface area contributed by atoms with Gasteiger partial charge in [0.1, 0.15) is 0 Å². The number of nitrogens with zero attached hydrogens (tertiary/aromatic N) is 3. The molecule has 0 N–H and O–H groups in total. The standard InChI is InChI=1S/C39H29N3/c1-25-6-4-8-29(18-25)31-10-12-37-35(21-31)36-22-32(30-9-5-7-26(2)19-30)11-13-38(36)42(37)39-23-34(28-14-16-41-17-15-28)33(24-40)20-27(39)3/h4-23H,1-3H3. The number of fused-ring (bicyclic) bond motifs is 3. The minimum Gasteiger partial charge on any atom is -0.309 e. The highest BCUT2D eigenvalue weighted by Crippen LogP contribution is 2.39. The molecule has 0 atom stereocenters. The second kappa shape index (κ2) is 10.2. The minimum atomic E-state index is 0.659. The molecule has 2 heterocycles. The average molecular weight is 540 g/mol. The number of aromatic nitrogens is 2. The largest absolute Gasteiger partial charge is 0.309 e. The van der Waals surface area contributed by atoms with Crippen molar-refractivity contribution >= 4 is 21.8 Å². The van der Waals surface area contributed by atoms with Crippen LogP contribution in [0.15, 0.2) is 122 Å². The van der Waals surface area contributed by atoms with Crippen LogP contribution in [-0.2, 0) is 0 Å². The van der Waals surface area contributed by atoms with Gasteiger partial charge in [-0.2, -0.15) is 5.26 Å². The first-order valence-corrected chi connectivity index (χ1v) is 14.2. The summed E-state index contributed by atoms with van der Waals surface area (Å²) in [5, 5.41) is 12.4. The van der Waals surface area contributed by atoms with E-state index in [1.807, 2.05) is 18.2 Å². The summed E-state index contributed by atoms with van der Waals surface area (Å²) in [5.74, 6) is 0. The van der Waals surface area contributed by atoms with Gasteiger partial charge >= 0.3 is 0 Å². The highest BCUT2D eigenvalue weighted by Gasteiger charge is 2.18. The van der Waals surface area contributed by atoms with Crippen LogP contribution in [0.1, 0.15) is 22.3 Å². The number of rotatable bonds is 4. The summed E-state index contributed by atoms with van der Waals surface area (Å²) in [5.41, 5.74) is 14.2. The molecule has 0 aliphatic heterocycles. The van der Waals surface area contributed by atoms with Gasteiger partial charge in [0.25, 0.3) is 0 Å². The molecule has 3 nitrogen and oxygen atoms in total. The van der Waals surface area contributed by atoms with Crippen molar-refractivity contribution in [3.8, 4) is 45.1 Å². The summed E-state index contributed by atoms with van der Waals surface area (Å²) < 4.78 is 2.35. The van der Waals surface area contributed by atoms with Crippen molar-refractivity contribution in [2.75, 3.05) is 0 Å². The number of pyridine rings is 1. The van der Waals surface area contributed by atoms with Gasteiger partial charge in [-0.15, -0.1) is 0 Å². The molecule has 7 aromatic rings. The molecule has 0 aliphatic carbocycles. The van der Waals surface area contributed by atoms with Crippen molar-refractivity contribution in [3.05, 3.63) is 144 Å². The lowest BCUT2D eigenvalue weighted by molar-refractivity contribution is 1.15. The molecule has 200 valence electrons. The van der Waals surface area contributed by atoms with Crippen LogP contribution < -0.4 is 0 Å². The summed E-state index contributed by atoms with van der Waals surface area (Å²) in [7, 11) is 0. The number of hydrogen-bond acceptors (Lipinski definition) is 2. The molecule has 0 fully saturated rings. The van der Waals surface area contributed by atoms with Crippen LogP contribution in [0, 0.1) is 32.1 Å². The van der Waals surface area contributed by atoms with Crippen LogP contribution in [0.2, 0.25) is 0 Å². The average Bonchev–Trinajstić information content (AvgIpc) is 3.34. The summed E-state index contributed by atoms with van der Waals surface area (Å²) >= 11 is 0. The maximum Gasteiger partial charge on any atom is 0.0998 e. The summed E-state index contributed by atoms with van der Waals surface area (Å²) in [4.78, 5) is 4.19. The Balaban J connectivity index is 1.54. The second-order valence-electron chi connectivity index (χ2n) is 11.1. The first kappa shape index (κ1) is 25.5. The van der Waals surface area contributed by atoms with Crippen LogP contribution in [0.3, 0.4) is 0 Å². The fourth-order valence-corrected chi connectivity index (χ4v) is 6.09. The van der Waals surface area contributed by atoms with Crippen LogP contribution >= 0.6 is 0 Å². The maximum atomic E-state index is 10.0. The van der Waals surface area contributed by atoms with Gasteiger partial charge in [-0.25, -0.2) is 0 Å². The molecular formula is C39H29N3. The molecule has 5 aromatic carbocycles. The number of nitriles is 1. The molecule has 0 radical (unpaired) electrons. The van der Waals surface area contributed by atoms with Gasteiger partial charge in [-0.1, -0.05) is 71.8 Å². The van der Waals surface area contributed by atoms with E-state index < -0.39 is 0 Å². The van der Waals surface area contributed by atoms with Crippen molar-refractivity contribution in [3.63, 3.8) is 0 Å². The Bertz CT molecular complexity index is 2080. The van der Waals surface area contributed by atoms with E-state index in [1.54, 1.807) is 12.4 Å². The lowest BCUT2D eigenvalue weighted by atomic mass is 9.97. The predicted octanol–water partition coefficient (Wildman–Crippen LogP) is 9.98. The fraction of sp³-hybridized carbons (Fsp3) is 0.0769. The van der Waals surface area contributed by atoms with E-state index in [1.165, 1.54) is 44.2 Å². The Morgan fingerprint density at radius 2 is 1.12 bits per heavy atom. The van der Waals surface area contributed by atoms with Gasteiger partial charge in [-0.3, -0.25) is 4.98 Å². The van der Waals surface area contributed by atoms with Gasteiger partial charge in [0.2, 0.25) is 0 Å². The molecule has 0 unspecified atom stereocenters. The van der Waals surface area contributed by atoms with E-state index in [2.05, 4.69) is 127 Å². The van der Waals surface area contributed by atoms with E-state index in [4.69, 9.17) is 0 Å². The zero-order chi connectivity index (χ0) is 28.8. The molecule has 0 aliphatic rings. The van der Waals surface area contributed by atoms with Gasteiger partial charge < -0.3 is 4.57 Å². The highest BCUT2D eigenvalue weighted by atomic mass is 15.0. The van der Waals surface area contributed by atoms with Crippen molar-refractivity contribution in [1.82, 2.24) is 9.55 Å². The van der Waals surface area contributed by atoms with E-state index >= 15 is 0 Å². The Morgan fingerprint density at radius 3 is 1.64 bits per heavy atom. The van der Waals surface area contributed by atoms with E-state index in [-0.39, 0.29) is 0 Å². The second-order valence-corrected chi connectivity index (χ2v) is 11.1. The van der Waals surface area contributed by atoms with Gasteiger partial charge in [0, 0.05) is 34.4 Å². The third kappa shape index (κ3) is 4.35. The van der Waals surface area contributed by atoms with E-state index in [0.717, 1.165) is 33.4 Å². The van der Waals surface area contributed by atoms with Crippen molar-refractivity contribution in [2.45, 2.75) is 20.8 Å². The predicted molar refractivity (Wildman–Crippen MR) is 174 cm³/mol. The lowest BCUT2D eigenvalue weighted by Gasteiger charge is -2.15. The molecule has 7 rings (SSSR count). The molecule has 0 saturated heterocycles. The van der Waals surface area contributed by atoms with Gasteiger partial charge in [0.05, 0.1) is 22.7 Å². The Labute approximate surface area is 246 Å². The monoisotopic (exact) mass is 539 g/mol. The molecule has 3 heteroatoms. The van der Waals surface area contributed by atoms with Crippen molar-refractivity contribution < 1.29 is 0 Å². The van der Waals surface area contributed by atoms with Gasteiger partial charge in [0.15, 0.2) is 0 Å². The number of aryl methyl sites for hydroxylation is 3. The van der Waals surface area contributed by atoms with Crippen LogP contribution in [0.25, 0.3) is 60.9 Å². The summed E-state index contributed by atoms with van der Waals surface area (Å²) in [6, 6.07) is 41.4. The first-order chi connectivity index (χ1) is 20.5. The van der Waals surface area contributed by atoms with Crippen molar-refractivity contribution in [1.29, 1.82) is 5.26 Å². The van der Waals surface area contributed by atoms with Gasteiger partial charge in [-0.05, 0) is 103 Å². The third-order valence-electron chi connectivity index (χ3n) is 8.16. The molecule has 42 heavy (non-hydrogen) atoms. The fourth-order valence-electron chi connectivity index (χ4n) is 6.09. The molecule has 2 aromatic heterocycles. The minimum absolute atomic E-state index is 0.659. The number of hydrogen-bond donors (Lipinski definition) is 0. The SMILES string of the molecule is Cc1cccc(-c2ccc3c(c2)c2cc(-c4cccc(C)c4)ccc2n3-c2cc(-c3ccncc3)c(C#N)cc2C)c1. The first-order valence-electron chi connectivity index (χ1n) is 14.2. The Kier molecular flexibility index (Phi) is 6.18. The van der Waals surface area contributed by atoms with Crippen LogP contribution in [0.5, 0.6) is 0 Å². The molecule has 0 spiro atoms. The smallest absolute Gasteiger partial charge is 0.0998 e. The van der Waals surface area contributed by atoms with Crippen LogP contribution in [0.4, 0.5) is 0 Å². The summed E-state index contributed by atoms with van der Waals surface area (Å²) in [6.45, 7) is 6.36. The molecule has 0 saturated carbocycles. The quantitative estimate of drug-likeness (QED) is 0.223. The summed E-state index contributed by atoms with van der Waals surface area (Å²) in [6.07, 6.45) is 3.55. The number of benzene rings is 5. The molecule has 0 bridgehead atoms.